The third-order valence-corrected chi connectivity index (χ3v) is 3.00. The monoisotopic (exact) mass is 238 g/mol. The zero-order chi connectivity index (χ0) is 12.0. The Bertz CT molecular complexity index is 337. The summed E-state index contributed by atoms with van der Waals surface area (Å²) >= 11 is 1.74. The minimum atomic E-state index is 0.0672. The minimum Gasteiger partial charge on any atom is -0.341 e. The molecule has 1 amide bonds. The predicted molar refractivity (Wildman–Crippen MR) is 69.7 cm³/mol. The van der Waals surface area contributed by atoms with E-state index in [-0.39, 0.29) is 5.91 Å². The van der Waals surface area contributed by atoms with E-state index in [1.165, 1.54) is 0 Å². The molecule has 1 rings (SSSR count). The summed E-state index contributed by atoms with van der Waals surface area (Å²) in [5.41, 5.74) is 7.27. The topological polar surface area (TPSA) is 46.3 Å². The standard InChI is InChI=1S/C12H18N2OS/c1-14(7-8-16-2)12(15)11-5-3-10(9-13)4-6-11/h3-6H,7-9,13H2,1-2H3. The summed E-state index contributed by atoms with van der Waals surface area (Å²) in [6.07, 6.45) is 2.04. The number of nitrogens with zero attached hydrogens (tertiary/aromatic N) is 1. The van der Waals surface area contributed by atoms with Gasteiger partial charge in [-0.25, -0.2) is 0 Å². The Labute approximate surface area is 101 Å². The largest absolute Gasteiger partial charge is 0.341 e. The molecular weight excluding hydrogens is 220 g/mol. The van der Waals surface area contributed by atoms with Gasteiger partial charge in [0.1, 0.15) is 0 Å². The average molecular weight is 238 g/mol. The first kappa shape index (κ1) is 13.1. The van der Waals surface area contributed by atoms with E-state index in [1.807, 2.05) is 37.6 Å². The molecular formula is C12H18N2OS. The van der Waals surface area contributed by atoms with Gasteiger partial charge in [-0.1, -0.05) is 12.1 Å². The van der Waals surface area contributed by atoms with Gasteiger partial charge in [0.05, 0.1) is 0 Å². The van der Waals surface area contributed by atoms with Crippen LogP contribution in [0.1, 0.15) is 15.9 Å². The zero-order valence-corrected chi connectivity index (χ0v) is 10.6. The maximum atomic E-state index is 11.9. The molecule has 1 aromatic carbocycles. The van der Waals surface area contributed by atoms with Crippen LogP contribution < -0.4 is 5.73 Å². The molecule has 0 radical (unpaired) electrons. The second-order valence-corrected chi connectivity index (χ2v) is 4.61. The summed E-state index contributed by atoms with van der Waals surface area (Å²) < 4.78 is 0. The molecule has 0 atom stereocenters. The summed E-state index contributed by atoms with van der Waals surface area (Å²) in [6, 6.07) is 7.46. The van der Waals surface area contributed by atoms with Crippen molar-refractivity contribution in [1.82, 2.24) is 4.90 Å². The summed E-state index contributed by atoms with van der Waals surface area (Å²) in [4.78, 5) is 13.7. The second-order valence-electron chi connectivity index (χ2n) is 3.62. The number of nitrogens with two attached hydrogens (primary N) is 1. The molecule has 0 spiro atoms. The molecule has 0 saturated carbocycles. The first-order valence-electron chi connectivity index (χ1n) is 5.22. The molecule has 0 saturated heterocycles. The Morgan fingerprint density at radius 1 is 1.38 bits per heavy atom. The van der Waals surface area contributed by atoms with E-state index in [2.05, 4.69) is 0 Å². The normalized spacial score (nSPS) is 10.2. The van der Waals surface area contributed by atoms with Crippen molar-refractivity contribution in [3.63, 3.8) is 0 Å². The molecule has 3 nitrogen and oxygen atoms in total. The first-order valence-corrected chi connectivity index (χ1v) is 6.62. The molecule has 16 heavy (non-hydrogen) atoms. The maximum Gasteiger partial charge on any atom is 0.253 e. The highest BCUT2D eigenvalue weighted by atomic mass is 32.2. The lowest BCUT2D eigenvalue weighted by molar-refractivity contribution is 0.0804. The predicted octanol–water partition coefficient (Wildman–Crippen LogP) is 1.58. The van der Waals surface area contributed by atoms with Gasteiger partial charge in [-0.15, -0.1) is 0 Å². The van der Waals surface area contributed by atoms with E-state index in [4.69, 9.17) is 5.73 Å². The quantitative estimate of drug-likeness (QED) is 0.847. The van der Waals surface area contributed by atoms with Crippen LogP contribution >= 0.6 is 11.8 Å². The SMILES string of the molecule is CSCCN(C)C(=O)c1ccc(CN)cc1. The highest BCUT2D eigenvalue weighted by molar-refractivity contribution is 7.98. The maximum absolute atomic E-state index is 11.9. The summed E-state index contributed by atoms with van der Waals surface area (Å²) in [5, 5.41) is 0. The fourth-order valence-electron chi connectivity index (χ4n) is 1.33. The minimum absolute atomic E-state index is 0.0672. The molecule has 0 unspecified atom stereocenters. The van der Waals surface area contributed by atoms with Gasteiger partial charge in [-0.3, -0.25) is 4.79 Å². The Morgan fingerprint density at radius 3 is 2.50 bits per heavy atom. The molecule has 0 aliphatic carbocycles. The Hall–Kier alpha value is -1.00. The van der Waals surface area contributed by atoms with Gasteiger partial charge < -0.3 is 10.6 Å². The van der Waals surface area contributed by atoms with Crippen LogP contribution in [0.15, 0.2) is 24.3 Å². The lowest BCUT2D eigenvalue weighted by Crippen LogP contribution is -2.28. The highest BCUT2D eigenvalue weighted by Gasteiger charge is 2.10. The van der Waals surface area contributed by atoms with Gasteiger partial charge in [0.25, 0.3) is 5.91 Å². The van der Waals surface area contributed by atoms with Crippen LogP contribution in [0.3, 0.4) is 0 Å². The van der Waals surface area contributed by atoms with Crippen LogP contribution in [0.5, 0.6) is 0 Å². The van der Waals surface area contributed by atoms with Crippen LogP contribution in [-0.4, -0.2) is 36.4 Å². The molecule has 4 heteroatoms. The van der Waals surface area contributed by atoms with Gasteiger partial charge in [0.15, 0.2) is 0 Å². The third-order valence-electron chi connectivity index (χ3n) is 2.41. The van der Waals surface area contributed by atoms with Crippen molar-refractivity contribution >= 4 is 17.7 Å². The van der Waals surface area contributed by atoms with Gasteiger partial charge >= 0.3 is 0 Å². The van der Waals surface area contributed by atoms with Gasteiger partial charge in [-0.05, 0) is 24.0 Å². The molecule has 0 aliphatic rings. The van der Waals surface area contributed by atoms with Crippen molar-refractivity contribution in [2.45, 2.75) is 6.54 Å². The fraction of sp³-hybridized carbons (Fsp3) is 0.417. The molecule has 0 bridgehead atoms. The molecule has 0 aromatic heterocycles. The summed E-state index contributed by atoms with van der Waals surface area (Å²) in [5.74, 6) is 1.03. The number of rotatable bonds is 5. The lowest BCUT2D eigenvalue weighted by Gasteiger charge is -2.16. The van der Waals surface area contributed by atoms with Crippen molar-refractivity contribution in [3.05, 3.63) is 35.4 Å². The molecule has 0 heterocycles. The highest BCUT2D eigenvalue weighted by Crippen LogP contribution is 2.07. The lowest BCUT2D eigenvalue weighted by atomic mass is 10.1. The van der Waals surface area contributed by atoms with Gasteiger partial charge in [-0.2, -0.15) is 11.8 Å². The fourth-order valence-corrected chi connectivity index (χ4v) is 1.79. The third kappa shape index (κ3) is 3.54. The van der Waals surface area contributed by atoms with Crippen LogP contribution in [0.4, 0.5) is 0 Å². The number of carbonyl (C=O) groups is 1. The van der Waals surface area contributed by atoms with Crippen molar-refractivity contribution in [2.24, 2.45) is 5.73 Å². The molecule has 1 aromatic rings. The number of benzene rings is 1. The summed E-state index contributed by atoms with van der Waals surface area (Å²) in [6.45, 7) is 1.29. The van der Waals surface area contributed by atoms with E-state index in [1.54, 1.807) is 16.7 Å². The van der Waals surface area contributed by atoms with E-state index in [0.717, 1.165) is 23.4 Å². The van der Waals surface area contributed by atoms with Gasteiger partial charge in [0.2, 0.25) is 0 Å². The molecule has 0 aliphatic heterocycles. The van der Waals surface area contributed by atoms with Crippen LogP contribution in [0.2, 0.25) is 0 Å². The zero-order valence-electron chi connectivity index (χ0n) is 9.77. The Kier molecular flexibility index (Phi) is 5.35. The smallest absolute Gasteiger partial charge is 0.253 e. The number of hydrogen-bond donors (Lipinski definition) is 1. The Morgan fingerprint density at radius 2 is 2.00 bits per heavy atom. The Balaban J connectivity index is 2.64. The number of carbonyl (C=O) groups excluding carboxylic acids is 1. The van der Waals surface area contributed by atoms with Crippen molar-refractivity contribution in [2.75, 3.05) is 25.6 Å². The second kappa shape index (κ2) is 6.55. The van der Waals surface area contributed by atoms with Crippen LogP contribution in [0, 0.1) is 0 Å². The van der Waals surface area contributed by atoms with Gasteiger partial charge in [0, 0.05) is 31.5 Å². The van der Waals surface area contributed by atoms with Crippen molar-refractivity contribution in [3.8, 4) is 0 Å². The van der Waals surface area contributed by atoms with E-state index < -0.39 is 0 Å². The van der Waals surface area contributed by atoms with E-state index in [0.29, 0.717) is 6.54 Å². The summed E-state index contributed by atoms with van der Waals surface area (Å²) in [7, 11) is 1.83. The number of hydrogen-bond acceptors (Lipinski definition) is 3. The van der Waals surface area contributed by atoms with Crippen LogP contribution in [-0.2, 0) is 6.54 Å². The van der Waals surface area contributed by atoms with E-state index in [9.17, 15) is 4.79 Å². The van der Waals surface area contributed by atoms with Crippen LogP contribution in [0.25, 0.3) is 0 Å². The number of thioether (sulfide) groups is 1. The average Bonchev–Trinajstić information content (AvgIpc) is 2.35. The first-order chi connectivity index (χ1) is 7.69. The molecule has 2 N–H and O–H groups in total. The number of amides is 1. The van der Waals surface area contributed by atoms with E-state index >= 15 is 0 Å². The molecule has 88 valence electrons. The van der Waals surface area contributed by atoms with Crippen molar-refractivity contribution < 1.29 is 4.79 Å². The molecule has 0 fully saturated rings. The van der Waals surface area contributed by atoms with Crippen molar-refractivity contribution in [1.29, 1.82) is 0 Å².